The highest BCUT2D eigenvalue weighted by Gasteiger charge is 2.35. The van der Waals surface area contributed by atoms with Crippen molar-refractivity contribution >= 4 is 11.9 Å². The lowest BCUT2D eigenvalue weighted by Gasteiger charge is -2.25. The van der Waals surface area contributed by atoms with Gasteiger partial charge in [0.2, 0.25) is 5.91 Å². The standard InChI is InChI=1S/C16H30N2O3/c1-4-6-8-18(9-7-5-2)15(19)12-17-10-13(3)14(11-17)16(20)21/h13-14H,4-12H2,1-3H3,(H,20,21). The molecule has 21 heavy (non-hydrogen) atoms. The topological polar surface area (TPSA) is 60.9 Å². The largest absolute Gasteiger partial charge is 0.481 e. The van der Waals surface area contributed by atoms with Crippen LogP contribution in [0.4, 0.5) is 0 Å². The highest BCUT2D eigenvalue weighted by molar-refractivity contribution is 5.78. The van der Waals surface area contributed by atoms with Crippen LogP contribution in [0.15, 0.2) is 0 Å². The van der Waals surface area contributed by atoms with E-state index in [1.165, 1.54) is 0 Å². The Labute approximate surface area is 128 Å². The molecule has 0 aromatic carbocycles. The quantitative estimate of drug-likeness (QED) is 0.708. The molecular formula is C16H30N2O3. The Bertz CT molecular complexity index is 338. The summed E-state index contributed by atoms with van der Waals surface area (Å²) in [6.07, 6.45) is 4.22. The second-order valence-corrected chi connectivity index (χ2v) is 6.20. The van der Waals surface area contributed by atoms with Gasteiger partial charge in [0.15, 0.2) is 0 Å². The van der Waals surface area contributed by atoms with Crippen LogP contribution >= 0.6 is 0 Å². The van der Waals surface area contributed by atoms with Crippen molar-refractivity contribution in [3.8, 4) is 0 Å². The van der Waals surface area contributed by atoms with Crippen molar-refractivity contribution in [2.75, 3.05) is 32.7 Å². The smallest absolute Gasteiger partial charge is 0.308 e. The summed E-state index contributed by atoms with van der Waals surface area (Å²) in [5.74, 6) is -0.811. The number of nitrogens with zero attached hydrogens (tertiary/aromatic N) is 2. The van der Waals surface area contributed by atoms with Crippen molar-refractivity contribution in [3.63, 3.8) is 0 Å². The Morgan fingerprint density at radius 3 is 2.14 bits per heavy atom. The third-order valence-electron chi connectivity index (χ3n) is 4.28. The number of carboxylic acid groups (broad SMARTS) is 1. The van der Waals surface area contributed by atoms with Gasteiger partial charge < -0.3 is 10.0 Å². The van der Waals surface area contributed by atoms with Crippen LogP contribution in [-0.4, -0.2) is 59.5 Å². The maximum atomic E-state index is 12.4. The number of hydrogen-bond donors (Lipinski definition) is 1. The van der Waals surface area contributed by atoms with Gasteiger partial charge in [0, 0.05) is 26.2 Å². The third kappa shape index (κ3) is 5.65. The molecule has 1 fully saturated rings. The SMILES string of the molecule is CCCCN(CCCC)C(=O)CN1CC(C)C(C(=O)O)C1. The van der Waals surface area contributed by atoms with Gasteiger partial charge in [-0.3, -0.25) is 14.5 Å². The van der Waals surface area contributed by atoms with Crippen molar-refractivity contribution in [1.82, 2.24) is 9.80 Å². The first-order valence-corrected chi connectivity index (χ1v) is 8.22. The molecule has 0 bridgehead atoms. The number of carbonyl (C=O) groups is 2. The van der Waals surface area contributed by atoms with Crippen molar-refractivity contribution in [2.24, 2.45) is 11.8 Å². The van der Waals surface area contributed by atoms with Gasteiger partial charge in [-0.1, -0.05) is 33.6 Å². The summed E-state index contributed by atoms with van der Waals surface area (Å²) in [5, 5.41) is 9.16. The van der Waals surface area contributed by atoms with Gasteiger partial charge in [0.05, 0.1) is 12.5 Å². The molecule has 0 radical (unpaired) electrons. The molecule has 0 aromatic rings. The summed E-state index contributed by atoms with van der Waals surface area (Å²) in [6, 6.07) is 0. The minimum Gasteiger partial charge on any atom is -0.481 e. The van der Waals surface area contributed by atoms with Crippen molar-refractivity contribution in [1.29, 1.82) is 0 Å². The molecule has 1 amide bonds. The Morgan fingerprint density at radius 2 is 1.71 bits per heavy atom. The lowest BCUT2D eigenvalue weighted by molar-refractivity contribution is -0.142. The van der Waals surface area contributed by atoms with E-state index >= 15 is 0 Å². The fraction of sp³-hybridized carbons (Fsp3) is 0.875. The molecule has 2 atom stereocenters. The summed E-state index contributed by atoms with van der Waals surface area (Å²) in [6.45, 7) is 9.42. The highest BCUT2D eigenvalue weighted by Crippen LogP contribution is 2.23. The first-order valence-electron chi connectivity index (χ1n) is 8.22. The van der Waals surface area contributed by atoms with E-state index < -0.39 is 5.97 Å². The van der Waals surface area contributed by atoms with E-state index in [1.807, 2.05) is 16.7 Å². The number of rotatable bonds is 9. The summed E-state index contributed by atoms with van der Waals surface area (Å²) in [7, 11) is 0. The van der Waals surface area contributed by atoms with Gasteiger partial charge in [-0.2, -0.15) is 0 Å². The average Bonchev–Trinajstić information content (AvgIpc) is 2.79. The molecule has 5 heteroatoms. The van der Waals surface area contributed by atoms with Crippen LogP contribution in [0.5, 0.6) is 0 Å². The number of carboxylic acids is 1. The lowest BCUT2D eigenvalue weighted by atomic mass is 9.99. The highest BCUT2D eigenvalue weighted by atomic mass is 16.4. The van der Waals surface area contributed by atoms with Gasteiger partial charge >= 0.3 is 5.97 Å². The third-order valence-corrected chi connectivity index (χ3v) is 4.28. The van der Waals surface area contributed by atoms with Gasteiger partial charge in [-0.15, -0.1) is 0 Å². The molecule has 0 spiro atoms. The summed E-state index contributed by atoms with van der Waals surface area (Å²) in [4.78, 5) is 27.5. The predicted octanol–water partition coefficient (Wildman–Crippen LogP) is 2.07. The average molecular weight is 298 g/mol. The second kappa shape index (κ2) is 9.03. The minimum atomic E-state index is -0.744. The Balaban J connectivity index is 2.50. The van der Waals surface area contributed by atoms with Crippen molar-refractivity contribution in [3.05, 3.63) is 0 Å². The van der Waals surface area contributed by atoms with Crippen molar-refractivity contribution < 1.29 is 14.7 Å². The Kier molecular flexibility index (Phi) is 7.72. The number of unbranched alkanes of at least 4 members (excludes halogenated alkanes) is 2. The maximum Gasteiger partial charge on any atom is 0.308 e. The molecule has 0 saturated carbocycles. The molecule has 1 aliphatic heterocycles. The number of hydrogen-bond acceptors (Lipinski definition) is 3. The molecule has 0 aliphatic carbocycles. The lowest BCUT2D eigenvalue weighted by Crippen LogP contribution is -2.41. The minimum absolute atomic E-state index is 0.120. The molecular weight excluding hydrogens is 268 g/mol. The predicted molar refractivity (Wildman–Crippen MR) is 83.1 cm³/mol. The number of likely N-dealkylation sites (tertiary alicyclic amines) is 1. The van der Waals surface area contributed by atoms with Gasteiger partial charge in [0.1, 0.15) is 0 Å². The maximum absolute atomic E-state index is 12.4. The number of amides is 1. The van der Waals surface area contributed by atoms with E-state index in [0.29, 0.717) is 19.6 Å². The van der Waals surface area contributed by atoms with Crippen molar-refractivity contribution in [2.45, 2.75) is 46.5 Å². The Hall–Kier alpha value is -1.10. The van der Waals surface area contributed by atoms with E-state index in [1.54, 1.807) is 0 Å². The van der Waals surface area contributed by atoms with Gasteiger partial charge in [-0.25, -0.2) is 0 Å². The zero-order chi connectivity index (χ0) is 15.8. The molecule has 1 heterocycles. The molecule has 0 aromatic heterocycles. The fourth-order valence-electron chi connectivity index (χ4n) is 2.87. The van der Waals surface area contributed by atoms with E-state index in [0.717, 1.165) is 38.8 Å². The van der Waals surface area contributed by atoms with Gasteiger partial charge in [-0.05, 0) is 18.8 Å². The van der Waals surface area contributed by atoms with Crippen LogP contribution < -0.4 is 0 Å². The molecule has 1 N–H and O–H groups in total. The summed E-state index contributed by atoms with van der Waals surface area (Å²) in [5.41, 5.74) is 0. The molecule has 1 aliphatic rings. The van der Waals surface area contributed by atoms with Crippen LogP contribution in [0.1, 0.15) is 46.5 Å². The van der Waals surface area contributed by atoms with Crippen LogP contribution in [-0.2, 0) is 9.59 Å². The zero-order valence-electron chi connectivity index (χ0n) is 13.7. The van der Waals surface area contributed by atoms with E-state index in [-0.39, 0.29) is 17.7 Å². The monoisotopic (exact) mass is 298 g/mol. The number of aliphatic carboxylic acids is 1. The van der Waals surface area contributed by atoms with E-state index in [2.05, 4.69) is 13.8 Å². The van der Waals surface area contributed by atoms with Gasteiger partial charge in [0.25, 0.3) is 0 Å². The van der Waals surface area contributed by atoms with E-state index in [4.69, 9.17) is 5.11 Å². The summed E-state index contributed by atoms with van der Waals surface area (Å²) >= 11 is 0. The first-order chi connectivity index (χ1) is 9.99. The van der Waals surface area contributed by atoms with Crippen LogP contribution in [0.25, 0.3) is 0 Å². The van der Waals surface area contributed by atoms with E-state index in [9.17, 15) is 9.59 Å². The van der Waals surface area contributed by atoms with Crippen LogP contribution in [0.3, 0.4) is 0 Å². The molecule has 1 rings (SSSR count). The second-order valence-electron chi connectivity index (χ2n) is 6.20. The molecule has 2 unspecified atom stereocenters. The zero-order valence-corrected chi connectivity index (χ0v) is 13.7. The molecule has 122 valence electrons. The number of carbonyl (C=O) groups excluding carboxylic acids is 1. The summed E-state index contributed by atoms with van der Waals surface area (Å²) < 4.78 is 0. The molecule has 5 nitrogen and oxygen atoms in total. The first kappa shape index (κ1) is 18.0. The normalized spacial score (nSPS) is 22.4. The molecule has 1 saturated heterocycles. The Morgan fingerprint density at radius 1 is 1.14 bits per heavy atom. The van der Waals surface area contributed by atoms with Crippen LogP contribution in [0.2, 0.25) is 0 Å². The van der Waals surface area contributed by atoms with Crippen LogP contribution in [0, 0.1) is 11.8 Å². The fourth-order valence-corrected chi connectivity index (χ4v) is 2.87.